The summed E-state index contributed by atoms with van der Waals surface area (Å²) in [6.07, 6.45) is 1.41. The number of nitrogens with zero attached hydrogens (tertiary/aromatic N) is 2. The molecule has 0 saturated heterocycles. The quantitative estimate of drug-likeness (QED) is 0.533. The van der Waals surface area contributed by atoms with E-state index in [1.54, 1.807) is 18.2 Å². The number of amides is 1. The van der Waals surface area contributed by atoms with Crippen molar-refractivity contribution in [2.24, 2.45) is 5.10 Å². The first-order valence-corrected chi connectivity index (χ1v) is 8.22. The number of hydrogen-bond donors (Lipinski definition) is 2. The minimum absolute atomic E-state index is 0.0764. The van der Waals surface area contributed by atoms with Gasteiger partial charge in [0.2, 0.25) is 0 Å². The molecule has 2 aromatic carbocycles. The number of aromatic carboxylic acids is 1. The van der Waals surface area contributed by atoms with E-state index in [1.165, 1.54) is 23.9 Å². The van der Waals surface area contributed by atoms with Gasteiger partial charge in [-0.2, -0.15) is 10.2 Å². The summed E-state index contributed by atoms with van der Waals surface area (Å²) in [4.78, 5) is 22.9. The van der Waals surface area contributed by atoms with Crippen molar-refractivity contribution in [3.8, 4) is 11.3 Å². The van der Waals surface area contributed by atoms with Crippen molar-refractivity contribution in [2.45, 2.75) is 13.8 Å². The fourth-order valence-electron chi connectivity index (χ4n) is 2.42. The lowest BCUT2D eigenvalue weighted by atomic mass is 10.0. The number of nitrogens with one attached hydrogen (secondary N) is 2. The van der Waals surface area contributed by atoms with Crippen molar-refractivity contribution in [3.05, 3.63) is 76.5 Å². The topological polar surface area (TPSA) is 110 Å². The Morgan fingerprint density at radius 3 is 2.48 bits per heavy atom. The molecule has 3 aromatic rings. The van der Waals surface area contributed by atoms with Crippen LogP contribution < -0.4 is 10.5 Å². The molecule has 0 aliphatic carbocycles. The zero-order valence-corrected chi connectivity index (χ0v) is 14.8. The molecule has 3 rings (SSSR count). The van der Waals surface area contributed by atoms with E-state index in [9.17, 15) is 14.7 Å². The molecule has 0 unspecified atom stereocenters. The SMILES string of the molecule is Cc1ccc(-c2cc(C(=O)N/N=C\c3ccc(C(=O)[O-])cc3)[nH]n2)cc1C. The van der Waals surface area contributed by atoms with Crippen molar-refractivity contribution in [1.29, 1.82) is 0 Å². The lowest BCUT2D eigenvalue weighted by Gasteiger charge is -2.02. The van der Waals surface area contributed by atoms with Gasteiger partial charge >= 0.3 is 0 Å². The summed E-state index contributed by atoms with van der Waals surface area (Å²) in [5.74, 6) is -1.68. The molecule has 0 radical (unpaired) electrons. The average molecular weight is 361 g/mol. The normalized spacial score (nSPS) is 10.9. The Morgan fingerprint density at radius 1 is 1.07 bits per heavy atom. The van der Waals surface area contributed by atoms with E-state index < -0.39 is 11.9 Å². The molecule has 0 atom stereocenters. The van der Waals surface area contributed by atoms with Crippen LogP contribution in [0.1, 0.15) is 37.5 Å². The van der Waals surface area contributed by atoms with Gasteiger partial charge in [0, 0.05) is 5.56 Å². The molecule has 136 valence electrons. The van der Waals surface area contributed by atoms with Crippen LogP contribution in [0.5, 0.6) is 0 Å². The van der Waals surface area contributed by atoms with Gasteiger partial charge in [0.1, 0.15) is 5.69 Å². The molecule has 0 saturated carbocycles. The predicted octanol–water partition coefficient (Wildman–Crippen LogP) is 1.82. The largest absolute Gasteiger partial charge is 0.545 e. The number of carboxylic acids is 1. The van der Waals surface area contributed by atoms with Gasteiger partial charge in [0.05, 0.1) is 17.9 Å². The van der Waals surface area contributed by atoms with E-state index in [0.717, 1.165) is 11.1 Å². The number of aryl methyl sites for hydroxylation is 2. The fraction of sp³-hybridized carbons (Fsp3) is 0.100. The number of carbonyl (C=O) groups excluding carboxylic acids is 2. The molecule has 27 heavy (non-hydrogen) atoms. The van der Waals surface area contributed by atoms with E-state index in [1.807, 2.05) is 32.0 Å². The Bertz CT molecular complexity index is 1020. The monoisotopic (exact) mass is 361 g/mol. The van der Waals surface area contributed by atoms with Crippen LogP contribution in [0.25, 0.3) is 11.3 Å². The molecule has 0 aliphatic heterocycles. The number of rotatable bonds is 5. The number of aromatic nitrogens is 2. The molecule has 2 N–H and O–H groups in total. The summed E-state index contributed by atoms with van der Waals surface area (Å²) in [6, 6.07) is 13.6. The molecule has 7 nitrogen and oxygen atoms in total. The minimum Gasteiger partial charge on any atom is -0.545 e. The summed E-state index contributed by atoms with van der Waals surface area (Å²) in [5, 5.41) is 21.4. The maximum absolute atomic E-state index is 12.2. The summed E-state index contributed by atoms with van der Waals surface area (Å²) >= 11 is 0. The van der Waals surface area contributed by atoms with E-state index in [-0.39, 0.29) is 11.3 Å². The molecule has 1 heterocycles. The van der Waals surface area contributed by atoms with Crippen LogP contribution in [0.2, 0.25) is 0 Å². The number of carbonyl (C=O) groups is 2. The number of aromatic amines is 1. The lowest BCUT2D eigenvalue weighted by Crippen LogP contribution is -2.22. The zero-order chi connectivity index (χ0) is 19.4. The van der Waals surface area contributed by atoms with Gasteiger partial charge in [-0.1, -0.05) is 36.4 Å². The van der Waals surface area contributed by atoms with Crippen LogP contribution in [0.3, 0.4) is 0 Å². The Kier molecular flexibility index (Phi) is 5.12. The van der Waals surface area contributed by atoms with Crippen molar-refractivity contribution in [2.75, 3.05) is 0 Å². The standard InChI is InChI=1S/C20H18N4O3/c1-12-3-6-16(9-13(12)2)17-10-18(23-22-17)19(25)24-21-11-14-4-7-15(8-5-14)20(26)27/h3-11H,1-2H3,(H,22,23)(H,24,25)(H,26,27)/p-1/b21-11-. The molecular formula is C20H17N4O3-. The highest BCUT2D eigenvalue weighted by atomic mass is 16.4. The Labute approximate surface area is 155 Å². The van der Waals surface area contributed by atoms with Gasteiger partial charge in [0.25, 0.3) is 5.91 Å². The Hall–Kier alpha value is -3.74. The number of carboxylic acid groups (broad SMARTS) is 1. The number of H-pyrrole nitrogens is 1. The molecule has 1 amide bonds. The van der Waals surface area contributed by atoms with Crippen molar-refractivity contribution >= 4 is 18.1 Å². The summed E-state index contributed by atoms with van der Waals surface area (Å²) < 4.78 is 0. The molecule has 7 heteroatoms. The highest BCUT2D eigenvalue weighted by Gasteiger charge is 2.10. The maximum atomic E-state index is 12.2. The van der Waals surface area contributed by atoms with Crippen molar-refractivity contribution in [1.82, 2.24) is 15.6 Å². The summed E-state index contributed by atoms with van der Waals surface area (Å²) in [5.41, 5.74) is 7.33. The third kappa shape index (κ3) is 4.27. The highest BCUT2D eigenvalue weighted by Crippen LogP contribution is 2.20. The Morgan fingerprint density at radius 2 is 1.81 bits per heavy atom. The van der Waals surface area contributed by atoms with Crippen LogP contribution in [0, 0.1) is 13.8 Å². The second-order valence-corrected chi connectivity index (χ2v) is 6.07. The minimum atomic E-state index is -1.24. The maximum Gasteiger partial charge on any atom is 0.289 e. The van der Waals surface area contributed by atoms with Crippen LogP contribution in [-0.2, 0) is 0 Å². The lowest BCUT2D eigenvalue weighted by molar-refractivity contribution is -0.255. The van der Waals surface area contributed by atoms with Crippen LogP contribution in [-0.4, -0.2) is 28.3 Å². The van der Waals surface area contributed by atoms with Gasteiger partial charge in [-0.25, -0.2) is 5.43 Å². The molecular weight excluding hydrogens is 344 g/mol. The number of benzene rings is 2. The summed E-state index contributed by atoms with van der Waals surface area (Å²) in [7, 11) is 0. The third-order valence-corrected chi connectivity index (χ3v) is 4.15. The number of hydrogen-bond acceptors (Lipinski definition) is 5. The average Bonchev–Trinajstić information content (AvgIpc) is 3.14. The highest BCUT2D eigenvalue weighted by molar-refractivity contribution is 5.94. The fourth-order valence-corrected chi connectivity index (χ4v) is 2.42. The molecule has 1 aromatic heterocycles. The molecule has 0 spiro atoms. The van der Waals surface area contributed by atoms with Crippen molar-refractivity contribution in [3.63, 3.8) is 0 Å². The van der Waals surface area contributed by atoms with Gasteiger partial charge in [-0.05, 0) is 48.2 Å². The van der Waals surface area contributed by atoms with E-state index in [0.29, 0.717) is 11.3 Å². The molecule has 0 aliphatic rings. The van der Waals surface area contributed by atoms with E-state index in [4.69, 9.17) is 0 Å². The van der Waals surface area contributed by atoms with Crippen LogP contribution in [0.15, 0.2) is 53.6 Å². The van der Waals surface area contributed by atoms with Gasteiger partial charge in [-0.3, -0.25) is 9.89 Å². The second kappa shape index (κ2) is 7.65. The van der Waals surface area contributed by atoms with Gasteiger partial charge in [-0.15, -0.1) is 0 Å². The first kappa shape index (κ1) is 18.1. The van der Waals surface area contributed by atoms with Gasteiger partial charge < -0.3 is 9.90 Å². The molecule has 0 fully saturated rings. The zero-order valence-electron chi connectivity index (χ0n) is 14.8. The summed E-state index contributed by atoms with van der Waals surface area (Å²) in [6.45, 7) is 4.06. The van der Waals surface area contributed by atoms with E-state index >= 15 is 0 Å². The van der Waals surface area contributed by atoms with Crippen molar-refractivity contribution < 1.29 is 14.7 Å². The second-order valence-electron chi connectivity index (χ2n) is 6.07. The smallest absolute Gasteiger partial charge is 0.289 e. The molecule has 0 bridgehead atoms. The first-order chi connectivity index (χ1) is 12.9. The third-order valence-electron chi connectivity index (χ3n) is 4.15. The van der Waals surface area contributed by atoms with Crippen LogP contribution >= 0.6 is 0 Å². The predicted molar refractivity (Wildman–Crippen MR) is 99.3 cm³/mol. The Balaban J connectivity index is 1.65. The van der Waals surface area contributed by atoms with E-state index in [2.05, 4.69) is 20.7 Å². The number of hydrazone groups is 1. The van der Waals surface area contributed by atoms with Crippen LogP contribution in [0.4, 0.5) is 0 Å². The first-order valence-electron chi connectivity index (χ1n) is 8.22. The van der Waals surface area contributed by atoms with Gasteiger partial charge in [0.15, 0.2) is 0 Å².